The molecule has 5 heteroatoms. The van der Waals surface area contributed by atoms with E-state index in [1.54, 1.807) is 48.5 Å². The predicted molar refractivity (Wildman–Crippen MR) is 68.3 cm³/mol. The van der Waals surface area contributed by atoms with Crippen molar-refractivity contribution in [3.63, 3.8) is 0 Å². The van der Waals surface area contributed by atoms with Crippen molar-refractivity contribution in [2.24, 2.45) is 0 Å². The maximum atomic E-state index is 14.0. The molecule has 2 aromatic rings. The van der Waals surface area contributed by atoms with Gasteiger partial charge in [-0.1, -0.05) is 30.3 Å². The van der Waals surface area contributed by atoms with Gasteiger partial charge < -0.3 is 4.52 Å². The first-order valence-corrected chi connectivity index (χ1v) is 6.50. The first-order valence-electron chi connectivity index (χ1n) is 5.40. The van der Waals surface area contributed by atoms with Gasteiger partial charge in [-0.05, 0) is 24.3 Å². The van der Waals surface area contributed by atoms with Crippen molar-refractivity contribution in [3.05, 3.63) is 60.2 Å². The fourth-order valence-corrected chi connectivity index (χ4v) is 2.78. The highest BCUT2D eigenvalue weighted by atomic mass is 31.2. The molecule has 0 N–H and O–H groups in total. The summed E-state index contributed by atoms with van der Waals surface area (Å²) in [6, 6.07) is 15.4. The molecule has 0 aromatic heterocycles. The zero-order chi connectivity index (χ0) is 12.5. The van der Waals surface area contributed by atoms with Gasteiger partial charge in [0.15, 0.2) is 0 Å². The Hall–Kier alpha value is -1.93. The second kappa shape index (κ2) is 4.39. The fraction of sp³-hybridized carbons (Fsp3) is 0. The molecule has 1 unspecified atom stereocenters. The molecule has 1 amide bonds. The first kappa shape index (κ1) is 11.2. The quantitative estimate of drug-likeness (QED) is 0.728. The number of carbonyl (C=O) groups is 1. The lowest BCUT2D eigenvalue weighted by molar-refractivity contribution is 0.0996. The number of nitrogens with zero attached hydrogens (tertiary/aromatic N) is 1. The minimum atomic E-state index is -2.47. The smallest absolute Gasteiger partial charge is 0.401 e. The van der Waals surface area contributed by atoms with Gasteiger partial charge in [-0.25, -0.2) is 4.67 Å². The number of carbonyl (C=O) groups excluding carboxylic acids is 1. The average molecular weight is 261 g/mol. The van der Waals surface area contributed by atoms with E-state index in [4.69, 9.17) is 4.52 Å². The molecular formula is C13H9FNO2P. The zero-order valence-corrected chi connectivity index (χ0v) is 10.2. The van der Waals surface area contributed by atoms with Crippen LogP contribution in [0.2, 0.25) is 0 Å². The van der Waals surface area contributed by atoms with E-state index in [9.17, 15) is 8.99 Å². The Bertz CT molecular complexity index is 591. The van der Waals surface area contributed by atoms with Crippen molar-refractivity contribution >= 4 is 20.2 Å². The summed E-state index contributed by atoms with van der Waals surface area (Å²) in [5.41, 5.74) is 0.892. The van der Waals surface area contributed by atoms with Gasteiger partial charge in [-0.2, -0.15) is 4.20 Å². The van der Waals surface area contributed by atoms with E-state index in [2.05, 4.69) is 0 Å². The number of hydrogen-bond acceptors (Lipinski definition) is 2. The number of anilines is 1. The van der Waals surface area contributed by atoms with Gasteiger partial charge in [0.25, 0.3) is 5.91 Å². The molecule has 1 aliphatic heterocycles. The Morgan fingerprint density at radius 2 is 1.67 bits per heavy atom. The molecule has 1 aliphatic rings. The highest BCUT2D eigenvalue weighted by Gasteiger charge is 2.36. The van der Waals surface area contributed by atoms with Gasteiger partial charge in [-0.3, -0.25) is 4.79 Å². The predicted octanol–water partition coefficient (Wildman–Crippen LogP) is 3.92. The van der Waals surface area contributed by atoms with Gasteiger partial charge in [0.2, 0.25) is 0 Å². The van der Waals surface area contributed by atoms with Crippen LogP contribution in [0.4, 0.5) is 9.88 Å². The average Bonchev–Trinajstić information content (AvgIpc) is 2.40. The summed E-state index contributed by atoms with van der Waals surface area (Å²) in [6.45, 7) is 0. The number of para-hydroxylation sites is 2. The van der Waals surface area contributed by atoms with Crippen LogP contribution in [0.5, 0.6) is 5.75 Å². The summed E-state index contributed by atoms with van der Waals surface area (Å²) in [5.74, 6) is -0.0556. The number of hydrogen-bond donors (Lipinski definition) is 0. The molecule has 1 atom stereocenters. The molecule has 2 aromatic carbocycles. The van der Waals surface area contributed by atoms with Gasteiger partial charge in [0.05, 0.1) is 11.3 Å². The standard InChI is InChI=1S/C13H9FNO2P/c14-18-15(10-6-2-1-3-7-10)13(16)11-8-4-5-9-12(11)17-18/h1-9H. The number of rotatable bonds is 1. The Morgan fingerprint density at radius 1 is 1.00 bits per heavy atom. The molecule has 1 heterocycles. The van der Waals surface area contributed by atoms with Gasteiger partial charge >= 0.3 is 8.61 Å². The molecule has 0 saturated heterocycles. The topological polar surface area (TPSA) is 29.5 Å². The molecule has 0 bridgehead atoms. The third-order valence-electron chi connectivity index (χ3n) is 2.64. The lowest BCUT2D eigenvalue weighted by Gasteiger charge is -2.29. The van der Waals surface area contributed by atoms with Crippen molar-refractivity contribution < 1.29 is 13.5 Å². The van der Waals surface area contributed by atoms with Crippen LogP contribution >= 0.6 is 8.61 Å². The summed E-state index contributed by atoms with van der Waals surface area (Å²) in [7, 11) is -2.47. The van der Waals surface area contributed by atoms with Crippen molar-refractivity contribution in [3.8, 4) is 5.75 Å². The third-order valence-corrected chi connectivity index (χ3v) is 3.72. The van der Waals surface area contributed by atoms with Crippen LogP contribution in [0.3, 0.4) is 0 Å². The lowest BCUT2D eigenvalue weighted by atomic mass is 10.2. The molecular weight excluding hydrogens is 252 g/mol. The number of halogens is 1. The van der Waals surface area contributed by atoms with Crippen LogP contribution in [0.1, 0.15) is 10.4 Å². The maximum Gasteiger partial charge on any atom is 0.401 e. The van der Waals surface area contributed by atoms with Gasteiger partial charge in [0, 0.05) is 0 Å². The molecule has 18 heavy (non-hydrogen) atoms. The van der Waals surface area contributed by atoms with Crippen LogP contribution in [0, 0.1) is 0 Å². The molecule has 0 fully saturated rings. The van der Waals surface area contributed by atoms with Gasteiger partial charge in [0.1, 0.15) is 5.75 Å². The molecule has 3 rings (SSSR count). The Morgan fingerprint density at radius 3 is 2.44 bits per heavy atom. The Kier molecular flexibility index (Phi) is 2.73. The van der Waals surface area contributed by atoms with E-state index in [-0.39, 0.29) is 5.91 Å². The fourth-order valence-electron chi connectivity index (χ4n) is 1.81. The summed E-state index contributed by atoms with van der Waals surface area (Å²) >= 11 is 0. The normalized spacial score (nSPS) is 18.2. The minimum absolute atomic E-state index is 0.309. The monoisotopic (exact) mass is 261 g/mol. The minimum Gasteiger partial charge on any atom is -0.428 e. The molecule has 0 spiro atoms. The highest BCUT2D eigenvalue weighted by molar-refractivity contribution is 7.50. The SMILES string of the molecule is O=C1c2ccccc2OP(F)N1c1ccccc1. The number of fused-ring (bicyclic) bond motifs is 1. The van der Waals surface area contributed by atoms with Crippen molar-refractivity contribution in [2.45, 2.75) is 0 Å². The first-order chi connectivity index (χ1) is 8.77. The van der Waals surface area contributed by atoms with Crippen LogP contribution in [-0.4, -0.2) is 5.91 Å². The van der Waals surface area contributed by atoms with E-state index < -0.39 is 8.61 Å². The summed E-state index contributed by atoms with van der Waals surface area (Å²) < 4.78 is 20.3. The van der Waals surface area contributed by atoms with Gasteiger partial charge in [-0.15, -0.1) is 0 Å². The molecule has 0 aliphatic carbocycles. The molecule has 3 nitrogen and oxygen atoms in total. The van der Waals surface area contributed by atoms with Crippen LogP contribution < -0.4 is 9.19 Å². The lowest BCUT2D eigenvalue weighted by Crippen LogP contribution is -2.30. The van der Waals surface area contributed by atoms with E-state index in [1.807, 2.05) is 6.07 Å². The van der Waals surface area contributed by atoms with Crippen molar-refractivity contribution in [1.29, 1.82) is 0 Å². The number of amides is 1. The molecule has 0 radical (unpaired) electrons. The molecule has 90 valence electrons. The zero-order valence-electron chi connectivity index (χ0n) is 9.29. The van der Waals surface area contributed by atoms with E-state index >= 15 is 0 Å². The summed E-state index contributed by atoms with van der Waals surface area (Å²) in [4.78, 5) is 12.2. The number of benzene rings is 2. The second-order valence-corrected chi connectivity index (χ2v) is 4.80. The van der Waals surface area contributed by atoms with Crippen LogP contribution in [0.15, 0.2) is 54.6 Å². The van der Waals surface area contributed by atoms with E-state index in [0.717, 1.165) is 4.67 Å². The maximum absolute atomic E-state index is 14.0. The van der Waals surface area contributed by atoms with Crippen molar-refractivity contribution in [2.75, 3.05) is 4.67 Å². The van der Waals surface area contributed by atoms with Crippen LogP contribution in [0.25, 0.3) is 0 Å². The molecule has 0 saturated carbocycles. The van der Waals surface area contributed by atoms with Crippen molar-refractivity contribution in [1.82, 2.24) is 0 Å². The summed E-state index contributed by atoms with van der Waals surface area (Å²) in [5, 5.41) is 0. The third kappa shape index (κ3) is 1.75. The van der Waals surface area contributed by atoms with E-state index in [1.165, 1.54) is 0 Å². The Balaban J connectivity index is 2.06. The van der Waals surface area contributed by atoms with E-state index in [0.29, 0.717) is 17.0 Å². The Labute approximate surface area is 105 Å². The second-order valence-electron chi connectivity index (χ2n) is 3.77. The van der Waals surface area contributed by atoms with Crippen LogP contribution in [-0.2, 0) is 0 Å². The summed E-state index contributed by atoms with van der Waals surface area (Å²) in [6.07, 6.45) is 0. The highest BCUT2D eigenvalue weighted by Crippen LogP contribution is 2.51. The largest absolute Gasteiger partial charge is 0.428 e.